The van der Waals surface area contributed by atoms with E-state index in [1.165, 1.54) is 0 Å². The topological polar surface area (TPSA) is 0 Å². The SMILES string of the molecule is [CH2]/C=C/c1c(Cl)cccc1Cl. The highest BCUT2D eigenvalue weighted by Crippen LogP contribution is 2.25. The molecule has 0 saturated carbocycles. The maximum Gasteiger partial charge on any atom is 0.0493 e. The highest BCUT2D eigenvalue weighted by Gasteiger charge is 1.99. The predicted octanol–water partition coefficient (Wildman–Crippen LogP) is 3.84. The third-order valence-electron chi connectivity index (χ3n) is 1.28. The normalized spacial score (nSPS) is 10.8. The molecule has 0 fully saturated rings. The van der Waals surface area contributed by atoms with Crippen LogP contribution in [0.25, 0.3) is 6.08 Å². The van der Waals surface area contributed by atoms with E-state index in [2.05, 4.69) is 6.92 Å². The highest BCUT2D eigenvalue weighted by molar-refractivity contribution is 6.37. The summed E-state index contributed by atoms with van der Waals surface area (Å²) in [6.07, 6.45) is 3.44. The molecule has 0 aromatic heterocycles. The van der Waals surface area contributed by atoms with Crippen LogP contribution in [0.5, 0.6) is 0 Å². The van der Waals surface area contributed by atoms with Gasteiger partial charge >= 0.3 is 0 Å². The summed E-state index contributed by atoms with van der Waals surface area (Å²) in [5.74, 6) is 0. The monoisotopic (exact) mass is 185 g/mol. The number of allylic oxidation sites excluding steroid dienone is 1. The lowest BCUT2D eigenvalue weighted by atomic mass is 10.2. The van der Waals surface area contributed by atoms with Crippen molar-refractivity contribution in [3.05, 3.63) is 46.8 Å². The third kappa shape index (κ3) is 1.98. The van der Waals surface area contributed by atoms with Crippen molar-refractivity contribution in [2.45, 2.75) is 0 Å². The minimum Gasteiger partial charge on any atom is -0.0836 e. The molecule has 11 heavy (non-hydrogen) atoms. The van der Waals surface area contributed by atoms with Gasteiger partial charge in [0.15, 0.2) is 0 Å². The van der Waals surface area contributed by atoms with E-state index in [-0.39, 0.29) is 0 Å². The van der Waals surface area contributed by atoms with E-state index in [1.807, 2.05) is 6.07 Å². The van der Waals surface area contributed by atoms with Crippen LogP contribution in [0, 0.1) is 6.92 Å². The number of halogens is 2. The number of hydrogen-bond donors (Lipinski definition) is 0. The molecule has 0 aliphatic heterocycles. The van der Waals surface area contributed by atoms with E-state index in [0.29, 0.717) is 10.0 Å². The molecular weight excluding hydrogens is 179 g/mol. The Kier molecular flexibility index (Phi) is 2.98. The molecule has 57 valence electrons. The Morgan fingerprint density at radius 1 is 1.18 bits per heavy atom. The summed E-state index contributed by atoms with van der Waals surface area (Å²) in [7, 11) is 0. The van der Waals surface area contributed by atoms with Crippen LogP contribution in [0.2, 0.25) is 10.0 Å². The molecule has 0 spiro atoms. The summed E-state index contributed by atoms with van der Waals surface area (Å²) >= 11 is 11.7. The Hall–Kier alpha value is -0.460. The van der Waals surface area contributed by atoms with Gasteiger partial charge in [-0.15, -0.1) is 0 Å². The first kappa shape index (κ1) is 8.63. The van der Waals surface area contributed by atoms with Gasteiger partial charge in [0.25, 0.3) is 0 Å². The highest BCUT2D eigenvalue weighted by atomic mass is 35.5. The van der Waals surface area contributed by atoms with Crippen LogP contribution in [0.3, 0.4) is 0 Å². The Morgan fingerprint density at radius 2 is 1.73 bits per heavy atom. The van der Waals surface area contributed by atoms with Crippen molar-refractivity contribution >= 4 is 29.3 Å². The zero-order chi connectivity index (χ0) is 8.27. The Labute approximate surface area is 76.4 Å². The van der Waals surface area contributed by atoms with E-state index < -0.39 is 0 Å². The molecule has 1 aromatic carbocycles. The molecule has 0 saturated heterocycles. The first-order valence-corrected chi connectivity index (χ1v) is 3.91. The van der Waals surface area contributed by atoms with Crippen molar-refractivity contribution in [2.24, 2.45) is 0 Å². The molecule has 0 atom stereocenters. The Balaban J connectivity index is 3.20. The number of hydrogen-bond acceptors (Lipinski definition) is 0. The minimum absolute atomic E-state index is 0.650. The van der Waals surface area contributed by atoms with E-state index in [4.69, 9.17) is 23.2 Å². The second-order valence-corrected chi connectivity index (χ2v) is 2.85. The second kappa shape index (κ2) is 3.80. The van der Waals surface area contributed by atoms with Gasteiger partial charge in [0.2, 0.25) is 0 Å². The number of benzene rings is 1. The van der Waals surface area contributed by atoms with Gasteiger partial charge in [0, 0.05) is 15.6 Å². The molecule has 1 rings (SSSR count). The molecule has 1 aromatic rings. The minimum atomic E-state index is 0.650. The summed E-state index contributed by atoms with van der Waals surface area (Å²) in [4.78, 5) is 0. The van der Waals surface area contributed by atoms with Crippen molar-refractivity contribution in [3.63, 3.8) is 0 Å². The fourth-order valence-electron chi connectivity index (χ4n) is 0.788. The van der Waals surface area contributed by atoms with E-state index in [0.717, 1.165) is 5.56 Å². The standard InChI is InChI=1S/C9H7Cl2/c1-2-4-7-8(10)5-3-6-9(7)11/h2-6H,1H2/b4-2+. The lowest BCUT2D eigenvalue weighted by Gasteiger charge is -1.99. The summed E-state index contributed by atoms with van der Waals surface area (Å²) in [5, 5.41) is 1.30. The van der Waals surface area contributed by atoms with Crippen molar-refractivity contribution in [3.8, 4) is 0 Å². The van der Waals surface area contributed by atoms with Crippen LogP contribution in [-0.4, -0.2) is 0 Å². The molecule has 1 radical (unpaired) electrons. The van der Waals surface area contributed by atoms with Crippen molar-refractivity contribution in [1.29, 1.82) is 0 Å². The maximum atomic E-state index is 5.84. The van der Waals surface area contributed by atoms with Crippen LogP contribution < -0.4 is 0 Å². The molecule has 0 amide bonds. The van der Waals surface area contributed by atoms with Gasteiger partial charge in [-0.3, -0.25) is 0 Å². The largest absolute Gasteiger partial charge is 0.0836 e. The van der Waals surface area contributed by atoms with Crippen LogP contribution >= 0.6 is 23.2 Å². The zero-order valence-electron chi connectivity index (χ0n) is 5.85. The molecule has 0 aliphatic rings. The predicted molar refractivity (Wildman–Crippen MR) is 50.9 cm³/mol. The molecule has 2 heteroatoms. The smallest absolute Gasteiger partial charge is 0.0493 e. The van der Waals surface area contributed by atoms with E-state index in [9.17, 15) is 0 Å². The van der Waals surface area contributed by atoms with Gasteiger partial charge in [0.05, 0.1) is 0 Å². The summed E-state index contributed by atoms with van der Waals surface area (Å²) < 4.78 is 0. The lowest BCUT2D eigenvalue weighted by Crippen LogP contribution is -1.75. The molecule has 0 nitrogen and oxygen atoms in total. The van der Waals surface area contributed by atoms with Gasteiger partial charge in [-0.1, -0.05) is 41.4 Å². The number of rotatable bonds is 1. The van der Waals surface area contributed by atoms with Gasteiger partial charge in [-0.05, 0) is 19.1 Å². The molecule has 0 unspecified atom stereocenters. The summed E-state index contributed by atoms with van der Waals surface area (Å²) in [6.45, 7) is 3.57. The van der Waals surface area contributed by atoms with Gasteiger partial charge in [0.1, 0.15) is 0 Å². The van der Waals surface area contributed by atoms with Gasteiger partial charge in [-0.25, -0.2) is 0 Å². The van der Waals surface area contributed by atoms with Crippen LogP contribution in [-0.2, 0) is 0 Å². The summed E-state index contributed by atoms with van der Waals surface area (Å²) in [5.41, 5.74) is 0.825. The van der Waals surface area contributed by atoms with Crippen molar-refractivity contribution < 1.29 is 0 Å². The fraction of sp³-hybridized carbons (Fsp3) is 0. The summed E-state index contributed by atoms with van der Waals surface area (Å²) in [6, 6.07) is 5.40. The van der Waals surface area contributed by atoms with Crippen LogP contribution in [0.15, 0.2) is 24.3 Å². The molecule has 0 bridgehead atoms. The fourth-order valence-corrected chi connectivity index (χ4v) is 1.31. The Morgan fingerprint density at radius 3 is 2.18 bits per heavy atom. The van der Waals surface area contributed by atoms with Crippen LogP contribution in [0.4, 0.5) is 0 Å². The van der Waals surface area contributed by atoms with E-state index >= 15 is 0 Å². The van der Waals surface area contributed by atoms with Crippen LogP contribution in [0.1, 0.15) is 5.56 Å². The zero-order valence-corrected chi connectivity index (χ0v) is 7.36. The van der Waals surface area contributed by atoms with Crippen molar-refractivity contribution in [2.75, 3.05) is 0 Å². The molecule has 0 heterocycles. The third-order valence-corrected chi connectivity index (χ3v) is 1.94. The van der Waals surface area contributed by atoms with Gasteiger partial charge in [-0.2, -0.15) is 0 Å². The average molecular weight is 186 g/mol. The Bertz CT molecular complexity index is 257. The first-order valence-electron chi connectivity index (χ1n) is 3.15. The van der Waals surface area contributed by atoms with Gasteiger partial charge < -0.3 is 0 Å². The second-order valence-electron chi connectivity index (χ2n) is 2.04. The maximum absolute atomic E-state index is 5.84. The lowest BCUT2D eigenvalue weighted by molar-refractivity contribution is 1.65. The first-order chi connectivity index (χ1) is 5.25. The average Bonchev–Trinajstić information content (AvgIpc) is 1.97. The van der Waals surface area contributed by atoms with Crippen molar-refractivity contribution in [1.82, 2.24) is 0 Å². The van der Waals surface area contributed by atoms with E-state index in [1.54, 1.807) is 24.3 Å². The molecular formula is C9H7Cl2. The molecule has 0 N–H and O–H groups in total. The quantitative estimate of drug-likeness (QED) is 0.624. The molecule has 0 aliphatic carbocycles.